The van der Waals surface area contributed by atoms with Gasteiger partial charge in [0.15, 0.2) is 0 Å². The number of rotatable bonds is 8. The number of carbonyl (C=O) groups is 2. The summed E-state index contributed by atoms with van der Waals surface area (Å²) in [6.45, 7) is 2.04. The lowest BCUT2D eigenvalue weighted by Gasteiger charge is -2.13. The maximum absolute atomic E-state index is 11.5. The second kappa shape index (κ2) is 8.92. The topological polar surface area (TPSA) is 91.6 Å². The zero-order chi connectivity index (χ0) is 14.8. The van der Waals surface area contributed by atoms with E-state index in [0.717, 1.165) is 0 Å². The molecule has 0 aliphatic rings. The summed E-state index contributed by atoms with van der Waals surface area (Å²) in [4.78, 5) is 22.9. The van der Waals surface area contributed by atoms with Gasteiger partial charge in [0, 0.05) is 19.0 Å². The van der Waals surface area contributed by atoms with Gasteiger partial charge in [0.05, 0.1) is 18.9 Å². The van der Waals surface area contributed by atoms with Crippen molar-refractivity contribution in [1.29, 1.82) is 0 Å². The summed E-state index contributed by atoms with van der Waals surface area (Å²) >= 11 is 0. The zero-order valence-corrected chi connectivity index (χ0v) is 11.5. The molecule has 6 heteroatoms. The van der Waals surface area contributed by atoms with Gasteiger partial charge in [-0.2, -0.15) is 0 Å². The van der Waals surface area contributed by atoms with Crippen molar-refractivity contribution in [3.63, 3.8) is 0 Å². The number of hydrogen-bond donors (Lipinski definition) is 3. The lowest BCUT2D eigenvalue weighted by atomic mass is 10.2. The summed E-state index contributed by atoms with van der Waals surface area (Å²) < 4.78 is 5.04. The third kappa shape index (κ3) is 6.19. The number of carbonyl (C=O) groups excluding carboxylic acids is 2. The molecule has 0 bridgehead atoms. The van der Waals surface area contributed by atoms with Crippen molar-refractivity contribution in [2.24, 2.45) is 0 Å². The molecule has 20 heavy (non-hydrogen) atoms. The van der Waals surface area contributed by atoms with Crippen LogP contribution in [0.4, 0.5) is 0 Å². The molecular formula is C14H20N2O4. The van der Waals surface area contributed by atoms with Crippen LogP contribution in [0.15, 0.2) is 28.9 Å². The van der Waals surface area contributed by atoms with Crippen LogP contribution in [0.3, 0.4) is 0 Å². The smallest absolute Gasteiger partial charge is 0.244 e. The Morgan fingerprint density at radius 3 is 2.90 bits per heavy atom. The number of aliphatic hydroxyl groups excluding tert-OH is 1. The summed E-state index contributed by atoms with van der Waals surface area (Å²) in [5.74, 6) is 0.108. The molecule has 2 amide bonds. The largest absolute Gasteiger partial charge is 0.465 e. The van der Waals surface area contributed by atoms with Crippen molar-refractivity contribution in [2.75, 3.05) is 13.2 Å². The Labute approximate surface area is 117 Å². The van der Waals surface area contributed by atoms with Crippen LogP contribution >= 0.6 is 0 Å². The van der Waals surface area contributed by atoms with E-state index in [0.29, 0.717) is 12.2 Å². The second-order valence-electron chi connectivity index (χ2n) is 4.25. The van der Waals surface area contributed by atoms with Gasteiger partial charge in [-0.25, -0.2) is 0 Å². The Morgan fingerprint density at radius 2 is 2.30 bits per heavy atom. The van der Waals surface area contributed by atoms with Crippen LogP contribution in [0, 0.1) is 0 Å². The highest BCUT2D eigenvalue weighted by molar-refractivity contribution is 5.91. The van der Waals surface area contributed by atoms with E-state index < -0.39 is 0 Å². The molecule has 110 valence electrons. The highest BCUT2D eigenvalue weighted by atomic mass is 16.3. The minimum atomic E-state index is -0.289. The van der Waals surface area contributed by atoms with Crippen molar-refractivity contribution < 1.29 is 19.1 Å². The molecule has 1 aromatic rings. The average molecular weight is 280 g/mol. The van der Waals surface area contributed by atoms with E-state index in [1.165, 1.54) is 12.3 Å². The Morgan fingerprint density at radius 1 is 1.50 bits per heavy atom. The number of aliphatic hydroxyl groups is 1. The molecule has 0 spiro atoms. The molecule has 1 atom stereocenters. The Bertz CT molecular complexity index is 436. The number of hydrogen-bond acceptors (Lipinski definition) is 4. The van der Waals surface area contributed by atoms with Gasteiger partial charge in [0.25, 0.3) is 0 Å². The average Bonchev–Trinajstić information content (AvgIpc) is 2.95. The molecule has 3 N–H and O–H groups in total. The Hall–Kier alpha value is -2.08. The highest BCUT2D eigenvalue weighted by Crippen LogP contribution is 2.01. The van der Waals surface area contributed by atoms with Crippen molar-refractivity contribution in [1.82, 2.24) is 10.6 Å². The number of nitrogens with one attached hydrogen (secondary N) is 2. The van der Waals surface area contributed by atoms with Crippen LogP contribution < -0.4 is 10.6 Å². The molecule has 0 radical (unpaired) electrons. The summed E-state index contributed by atoms with van der Waals surface area (Å²) in [6, 6.07) is 3.24. The molecule has 1 unspecified atom stereocenters. The predicted octanol–water partition coefficient (Wildman–Crippen LogP) is 0.686. The zero-order valence-electron chi connectivity index (χ0n) is 11.5. The lowest BCUT2D eigenvalue weighted by Crippen LogP contribution is -2.38. The van der Waals surface area contributed by atoms with Gasteiger partial charge >= 0.3 is 0 Å². The van der Waals surface area contributed by atoms with Crippen LogP contribution in [0.1, 0.15) is 25.5 Å². The van der Waals surface area contributed by atoms with Gasteiger partial charge in [-0.05, 0) is 24.6 Å². The summed E-state index contributed by atoms with van der Waals surface area (Å²) in [7, 11) is 0. The first-order valence-corrected chi connectivity index (χ1v) is 6.55. The fourth-order valence-electron chi connectivity index (χ4n) is 1.48. The van der Waals surface area contributed by atoms with E-state index in [-0.39, 0.29) is 37.4 Å². The van der Waals surface area contributed by atoms with Crippen LogP contribution in [-0.4, -0.2) is 36.1 Å². The SMILES string of the molecule is CCC(CO)NC(=O)CCNC(=O)/C=C/c1ccco1. The third-order valence-electron chi connectivity index (χ3n) is 2.67. The van der Waals surface area contributed by atoms with Crippen molar-refractivity contribution in [2.45, 2.75) is 25.8 Å². The van der Waals surface area contributed by atoms with E-state index in [1.807, 2.05) is 6.92 Å². The molecule has 0 fully saturated rings. The maximum atomic E-state index is 11.5. The summed E-state index contributed by atoms with van der Waals surface area (Å²) in [5.41, 5.74) is 0. The minimum absolute atomic E-state index is 0.0829. The van der Waals surface area contributed by atoms with E-state index in [2.05, 4.69) is 10.6 Å². The predicted molar refractivity (Wildman–Crippen MR) is 74.7 cm³/mol. The molecule has 0 aliphatic carbocycles. The molecule has 1 rings (SSSR count). The van der Waals surface area contributed by atoms with Crippen LogP contribution in [0.5, 0.6) is 0 Å². The van der Waals surface area contributed by atoms with E-state index in [4.69, 9.17) is 9.52 Å². The normalized spacial score (nSPS) is 12.3. The molecule has 0 saturated heterocycles. The van der Waals surface area contributed by atoms with E-state index >= 15 is 0 Å². The fourth-order valence-corrected chi connectivity index (χ4v) is 1.48. The van der Waals surface area contributed by atoms with Crippen LogP contribution in [-0.2, 0) is 9.59 Å². The van der Waals surface area contributed by atoms with Gasteiger partial charge < -0.3 is 20.2 Å². The van der Waals surface area contributed by atoms with Crippen molar-refractivity contribution in [3.8, 4) is 0 Å². The Kier molecular flexibility index (Phi) is 7.13. The second-order valence-corrected chi connectivity index (χ2v) is 4.25. The van der Waals surface area contributed by atoms with Crippen LogP contribution in [0.25, 0.3) is 6.08 Å². The van der Waals surface area contributed by atoms with Gasteiger partial charge in [0.2, 0.25) is 11.8 Å². The molecule has 0 saturated carbocycles. The quantitative estimate of drug-likeness (QED) is 0.611. The van der Waals surface area contributed by atoms with Crippen molar-refractivity contribution in [3.05, 3.63) is 30.2 Å². The van der Waals surface area contributed by atoms with Gasteiger partial charge in [0.1, 0.15) is 5.76 Å². The molecular weight excluding hydrogens is 260 g/mol. The molecule has 0 aliphatic heterocycles. The van der Waals surface area contributed by atoms with Crippen molar-refractivity contribution >= 4 is 17.9 Å². The van der Waals surface area contributed by atoms with E-state index in [1.54, 1.807) is 18.2 Å². The summed E-state index contributed by atoms with van der Waals surface area (Å²) in [5, 5.41) is 14.2. The maximum Gasteiger partial charge on any atom is 0.244 e. The number of furan rings is 1. The van der Waals surface area contributed by atoms with E-state index in [9.17, 15) is 9.59 Å². The minimum Gasteiger partial charge on any atom is -0.465 e. The number of amides is 2. The molecule has 1 aromatic heterocycles. The fraction of sp³-hybridized carbons (Fsp3) is 0.429. The highest BCUT2D eigenvalue weighted by Gasteiger charge is 2.08. The van der Waals surface area contributed by atoms with Gasteiger partial charge in [-0.1, -0.05) is 6.92 Å². The van der Waals surface area contributed by atoms with Crippen LogP contribution in [0.2, 0.25) is 0 Å². The third-order valence-corrected chi connectivity index (χ3v) is 2.67. The van der Waals surface area contributed by atoms with Gasteiger partial charge in [-0.15, -0.1) is 0 Å². The standard InChI is InChI=1S/C14H20N2O4/c1-2-11(10-17)16-14(19)7-8-15-13(18)6-5-12-4-3-9-20-12/h3-6,9,11,17H,2,7-8,10H2,1H3,(H,15,18)(H,16,19)/b6-5+. The first-order valence-electron chi connectivity index (χ1n) is 6.55. The first kappa shape index (κ1) is 16.0. The molecule has 6 nitrogen and oxygen atoms in total. The van der Waals surface area contributed by atoms with Gasteiger partial charge in [-0.3, -0.25) is 9.59 Å². The molecule has 1 heterocycles. The molecule has 0 aromatic carbocycles. The first-order chi connectivity index (χ1) is 9.65. The monoisotopic (exact) mass is 280 g/mol. The summed E-state index contributed by atoms with van der Waals surface area (Å²) in [6.07, 6.45) is 5.26. The Balaban J connectivity index is 2.20. The lowest BCUT2D eigenvalue weighted by molar-refractivity contribution is -0.122.